The molecule has 1 heterocycles. The summed E-state index contributed by atoms with van der Waals surface area (Å²) >= 11 is 3.06. The number of halogens is 2. The van der Waals surface area contributed by atoms with Crippen molar-refractivity contribution in [1.82, 2.24) is 0 Å². The number of furan rings is 1. The van der Waals surface area contributed by atoms with E-state index < -0.39 is 5.82 Å². The van der Waals surface area contributed by atoms with Gasteiger partial charge >= 0.3 is 0 Å². The molecule has 0 radical (unpaired) electrons. The molecule has 0 spiro atoms. The summed E-state index contributed by atoms with van der Waals surface area (Å²) in [6.07, 6.45) is 0. The molecule has 0 bridgehead atoms. The van der Waals surface area contributed by atoms with Crippen molar-refractivity contribution >= 4 is 21.7 Å². The summed E-state index contributed by atoms with van der Waals surface area (Å²) in [6.45, 7) is 3.44. The summed E-state index contributed by atoms with van der Waals surface area (Å²) in [4.78, 5) is 12.1. The van der Waals surface area contributed by atoms with Gasteiger partial charge in [-0.2, -0.15) is 0 Å². The van der Waals surface area contributed by atoms with E-state index in [1.807, 2.05) is 0 Å². The first kappa shape index (κ1) is 12.0. The molecule has 0 amide bonds. The van der Waals surface area contributed by atoms with Crippen LogP contribution in [0.1, 0.15) is 27.4 Å². The standard InChI is InChI=1S/C13H10BrFO2/c1-7-6-10(8(2)17-7)13(16)9-4-3-5-11(14)12(9)15/h3-6H,1-2H3. The van der Waals surface area contributed by atoms with Crippen LogP contribution in [0.4, 0.5) is 4.39 Å². The molecule has 0 aliphatic carbocycles. The van der Waals surface area contributed by atoms with Gasteiger partial charge in [-0.05, 0) is 48.0 Å². The van der Waals surface area contributed by atoms with Gasteiger partial charge < -0.3 is 4.42 Å². The van der Waals surface area contributed by atoms with E-state index in [-0.39, 0.29) is 15.8 Å². The maximum atomic E-state index is 13.8. The normalized spacial score (nSPS) is 10.6. The van der Waals surface area contributed by atoms with Gasteiger partial charge in [0.2, 0.25) is 0 Å². The SMILES string of the molecule is Cc1cc(C(=O)c2cccc(Br)c2F)c(C)o1. The van der Waals surface area contributed by atoms with E-state index in [2.05, 4.69) is 15.9 Å². The van der Waals surface area contributed by atoms with Crippen molar-refractivity contribution in [1.29, 1.82) is 0 Å². The number of aryl methyl sites for hydroxylation is 2. The van der Waals surface area contributed by atoms with Crippen molar-refractivity contribution in [2.24, 2.45) is 0 Å². The zero-order chi connectivity index (χ0) is 12.6. The van der Waals surface area contributed by atoms with Gasteiger partial charge in [-0.3, -0.25) is 4.79 Å². The Bertz CT molecular complexity index is 587. The molecule has 0 aliphatic rings. The lowest BCUT2D eigenvalue weighted by atomic mass is 10.0. The maximum absolute atomic E-state index is 13.8. The van der Waals surface area contributed by atoms with E-state index in [1.165, 1.54) is 6.07 Å². The van der Waals surface area contributed by atoms with Crippen molar-refractivity contribution in [2.75, 3.05) is 0 Å². The minimum absolute atomic E-state index is 0.0447. The molecule has 0 aliphatic heterocycles. The smallest absolute Gasteiger partial charge is 0.199 e. The maximum Gasteiger partial charge on any atom is 0.199 e. The zero-order valence-corrected chi connectivity index (χ0v) is 11.0. The number of benzene rings is 1. The van der Waals surface area contributed by atoms with Crippen LogP contribution in [0.5, 0.6) is 0 Å². The number of carbonyl (C=O) groups excluding carboxylic acids is 1. The summed E-state index contributed by atoms with van der Waals surface area (Å²) in [5.41, 5.74) is 0.447. The molecule has 0 atom stereocenters. The van der Waals surface area contributed by atoms with Gasteiger partial charge in [0.15, 0.2) is 5.78 Å². The molecule has 0 N–H and O–H groups in total. The number of carbonyl (C=O) groups is 1. The molecule has 1 aromatic carbocycles. The Balaban J connectivity index is 2.51. The largest absolute Gasteiger partial charge is 0.466 e. The van der Waals surface area contributed by atoms with E-state index in [9.17, 15) is 9.18 Å². The molecule has 1 aromatic heterocycles. The zero-order valence-electron chi connectivity index (χ0n) is 9.38. The second-order valence-corrected chi connectivity index (χ2v) is 4.61. The van der Waals surface area contributed by atoms with Crippen molar-refractivity contribution in [3.05, 3.63) is 57.2 Å². The Morgan fingerprint density at radius 3 is 2.59 bits per heavy atom. The molecule has 17 heavy (non-hydrogen) atoms. The molecular formula is C13H10BrFO2. The van der Waals surface area contributed by atoms with Crippen LogP contribution in [-0.2, 0) is 0 Å². The van der Waals surface area contributed by atoms with Crippen molar-refractivity contribution in [3.63, 3.8) is 0 Å². The highest BCUT2D eigenvalue weighted by Gasteiger charge is 2.19. The molecule has 4 heteroatoms. The summed E-state index contributed by atoms with van der Waals surface area (Å²) in [5, 5.41) is 0. The average Bonchev–Trinajstić information content (AvgIpc) is 2.61. The van der Waals surface area contributed by atoms with Crippen LogP contribution in [0.3, 0.4) is 0 Å². The second kappa shape index (κ2) is 4.45. The summed E-state index contributed by atoms with van der Waals surface area (Å²) in [6, 6.07) is 6.27. The van der Waals surface area contributed by atoms with Crippen LogP contribution in [0.2, 0.25) is 0 Å². The summed E-state index contributed by atoms with van der Waals surface area (Å²) in [7, 11) is 0. The van der Waals surface area contributed by atoms with Gasteiger partial charge in [-0.15, -0.1) is 0 Å². The molecule has 2 nitrogen and oxygen atoms in total. The summed E-state index contributed by atoms with van der Waals surface area (Å²) in [5.74, 6) is 0.238. The van der Waals surface area contributed by atoms with Crippen LogP contribution in [0.15, 0.2) is 33.2 Å². The minimum Gasteiger partial charge on any atom is -0.466 e. The quantitative estimate of drug-likeness (QED) is 0.783. The number of ketones is 1. The molecule has 2 rings (SSSR count). The lowest BCUT2D eigenvalue weighted by Crippen LogP contribution is -2.04. The van der Waals surface area contributed by atoms with Crippen molar-refractivity contribution < 1.29 is 13.6 Å². The monoisotopic (exact) mass is 296 g/mol. The highest BCUT2D eigenvalue weighted by Crippen LogP contribution is 2.23. The molecular weight excluding hydrogens is 287 g/mol. The second-order valence-electron chi connectivity index (χ2n) is 3.76. The number of hydrogen-bond donors (Lipinski definition) is 0. The fourth-order valence-corrected chi connectivity index (χ4v) is 2.05. The van der Waals surface area contributed by atoms with E-state index >= 15 is 0 Å². The Hall–Kier alpha value is -1.42. The lowest BCUT2D eigenvalue weighted by Gasteiger charge is -2.02. The van der Waals surface area contributed by atoms with Gasteiger partial charge in [0.25, 0.3) is 0 Å². The Labute approximate surface area is 107 Å². The van der Waals surface area contributed by atoms with Crippen LogP contribution in [0, 0.1) is 19.7 Å². The Kier molecular flexibility index (Phi) is 3.15. The van der Waals surface area contributed by atoms with Gasteiger partial charge in [0.1, 0.15) is 17.3 Å². The van der Waals surface area contributed by atoms with E-state index in [0.29, 0.717) is 17.1 Å². The third-order valence-electron chi connectivity index (χ3n) is 2.48. The molecule has 0 saturated heterocycles. The first-order valence-corrected chi connectivity index (χ1v) is 5.85. The summed E-state index contributed by atoms with van der Waals surface area (Å²) < 4.78 is 19.3. The molecule has 2 aromatic rings. The van der Waals surface area contributed by atoms with E-state index in [0.717, 1.165) is 0 Å². The highest BCUT2D eigenvalue weighted by molar-refractivity contribution is 9.10. The van der Waals surface area contributed by atoms with Crippen molar-refractivity contribution in [3.8, 4) is 0 Å². The Morgan fingerprint density at radius 2 is 2.00 bits per heavy atom. The van der Waals surface area contributed by atoms with Crippen LogP contribution >= 0.6 is 15.9 Å². The van der Waals surface area contributed by atoms with Crippen LogP contribution < -0.4 is 0 Å². The molecule has 88 valence electrons. The van der Waals surface area contributed by atoms with E-state index in [4.69, 9.17) is 4.42 Å². The predicted molar refractivity (Wildman–Crippen MR) is 65.7 cm³/mol. The predicted octanol–water partition coefficient (Wildman–Crippen LogP) is 4.03. The Morgan fingerprint density at radius 1 is 1.29 bits per heavy atom. The van der Waals surface area contributed by atoms with Crippen LogP contribution in [0.25, 0.3) is 0 Å². The molecule has 0 saturated carbocycles. The third kappa shape index (κ3) is 2.17. The number of rotatable bonds is 2. The first-order valence-electron chi connectivity index (χ1n) is 5.06. The topological polar surface area (TPSA) is 30.2 Å². The fraction of sp³-hybridized carbons (Fsp3) is 0.154. The third-order valence-corrected chi connectivity index (χ3v) is 3.09. The fourth-order valence-electron chi connectivity index (χ4n) is 1.68. The lowest BCUT2D eigenvalue weighted by molar-refractivity contribution is 0.103. The highest BCUT2D eigenvalue weighted by atomic mass is 79.9. The van der Waals surface area contributed by atoms with E-state index in [1.54, 1.807) is 32.0 Å². The molecule has 0 fully saturated rings. The van der Waals surface area contributed by atoms with Crippen LogP contribution in [-0.4, -0.2) is 5.78 Å². The van der Waals surface area contributed by atoms with Gasteiger partial charge in [0.05, 0.1) is 15.6 Å². The molecule has 0 unspecified atom stereocenters. The van der Waals surface area contributed by atoms with Crippen molar-refractivity contribution in [2.45, 2.75) is 13.8 Å². The minimum atomic E-state index is -0.546. The van der Waals surface area contributed by atoms with Gasteiger partial charge in [-0.1, -0.05) is 6.07 Å². The van der Waals surface area contributed by atoms with Gasteiger partial charge in [0, 0.05) is 0 Å². The number of hydrogen-bond acceptors (Lipinski definition) is 2. The van der Waals surface area contributed by atoms with Gasteiger partial charge in [-0.25, -0.2) is 4.39 Å². The first-order chi connectivity index (χ1) is 8.00. The average molecular weight is 297 g/mol.